The Kier molecular flexibility index (Phi) is 5.43. The van der Waals surface area contributed by atoms with Crippen LogP contribution < -0.4 is 15.8 Å². The standard InChI is InChI=1S/C20H21N5O2S/c1-13-4-6-14(7-5-13)17-12-23-19(21)18(25-17)20(26)24-15-8-10-16(11-9-15)28(3,27)22-2/h4-12H,3H2,1-2H3,(H2,21,23)(H,22,27)(H,24,26). The van der Waals surface area contributed by atoms with Gasteiger partial charge in [0.2, 0.25) is 0 Å². The van der Waals surface area contributed by atoms with E-state index in [1.165, 1.54) is 6.20 Å². The van der Waals surface area contributed by atoms with Crippen molar-refractivity contribution in [2.24, 2.45) is 0 Å². The van der Waals surface area contributed by atoms with Gasteiger partial charge < -0.3 is 11.1 Å². The lowest BCUT2D eigenvalue weighted by atomic mass is 10.1. The molecule has 7 nitrogen and oxygen atoms in total. The van der Waals surface area contributed by atoms with E-state index in [9.17, 15) is 9.00 Å². The number of hydrogen-bond donors (Lipinski definition) is 3. The number of amides is 1. The zero-order chi connectivity index (χ0) is 20.3. The minimum atomic E-state index is -2.55. The largest absolute Gasteiger partial charge is 0.382 e. The number of aromatic nitrogens is 2. The number of hydrogen-bond acceptors (Lipinski definition) is 5. The molecule has 2 aromatic carbocycles. The third kappa shape index (κ3) is 4.19. The fourth-order valence-electron chi connectivity index (χ4n) is 2.50. The first-order valence-corrected chi connectivity index (χ1v) is 10.2. The maximum absolute atomic E-state index is 12.6. The second-order valence-corrected chi connectivity index (χ2v) is 8.44. The monoisotopic (exact) mass is 395 g/mol. The van der Waals surface area contributed by atoms with Crippen LogP contribution in [0.15, 0.2) is 59.6 Å². The first-order chi connectivity index (χ1) is 13.3. The summed E-state index contributed by atoms with van der Waals surface area (Å²) in [4.78, 5) is 21.6. The molecule has 0 radical (unpaired) electrons. The van der Waals surface area contributed by atoms with E-state index in [4.69, 9.17) is 5.73 Å². The summed E-state index contributed by atoms with van der Waals surface area (Å²) < 4.78 is 14.9. The van der Waals surface area contributed by atoms with Crippen molar-refractivity contribution in [2.75, 3.05) is 18.1 Å². The van der Waals surface area contributed by atoms with E-state index in [0.29, 0.717) is 16.3 Å². The fraction of sp³-hybridized carbons (Fsp3) is 0.100. The highest BCUT2D eigenvalue weighted by Crippen LogP contribution is 2.20. The summed E-state index contributed by atoms with van der Waals surface area (Å²) in [7, 11) is -0.970. The maximum Gasteiger partial charge on any atom is 0.278 e. The summed E-state index contributed by atoms with van der Waals surface area (Å²) in [6, 6.07) is 14.3. The first-order valence-electron chi connectivity index (χ1n) is 8.47. The van der Waals surface area contributed by atoms with Gasteiger partial charge in [-0.25, -0.2) is 18.9 Å². The second-order valence-electron chi connectivity index (χ2n) is 6.21. The van der Waals surface area contributed by atoms with Crippen molar-refractivity contribution in [2.45, 2.75) is 11.8 Å². The number of carbonyl (C=O) groups excluding carboxylic acids is 1. The van der Waals surface area contributed by atoms with Crippen molar-refractivity contribution in [1.29, 1.82) is 0 Å². The van der Waals surface area contributed by atoms with E-state index in [1.54, 1.807) is 31.3 Å². The second kappa shape index (κ2) is 7.79. The Morgan fingerprint density at radius 3 is 2.36 bits per heavy atom. The third-order valence-electron chi connectivity index (χ3n) is 4.19. The SMILES string of the molecule is C=S(=O)(NC)c1ccc(NC(=O)c2nc(-c3ccc(C)cc3)cnc2N)cc1. The maximum atomic E-state index is 12.6. The van der Waals surface area contributed by atoms with Gasteiger partial charge in [0.1, 0.15) is 0 Å². The topological polar surface area (TPSA) is 110 Å². The number of aryl methyl sites for hydroxylation is 1. The van der Waals surface area contributed by atoms with Gasteiger partial charge in [-0.05, 0) is 44.1 Å². The highest BCUT2D eigenvalue weighted by atomic mass is 32.2. The molecule has 3 rings (SSSR count). The van der Waals surface area contributed by atoms with Crippen LogP contribution in [0.3, 0.4) is 0 Å². The number of nitrogens with one attached hydrogen (secondary N) is 2. The molecule has 0 saturated heterocycles. The molecule has 1 aromatic heterocycles. The van der Waals surface area contributed by atoms with E-state index < -0.39 is 15.6 Å². The number of nitrogens with zero attached hydrogens (tertiary/aromatic N) is 2. The number of carbonyl (C=O) groups is 1. The lowest BCUT2D eigenvalue weighted by Crippen LogP contribution is -2.19. The summed E-state index contributed by atoms with van der Waals surface area (Å²) in [5.74, 6) is 3.21. The van der Waals surface area contributed by atoms with E-state index in [1.807, 2.05) is 31.2 Å². The molecule has 0 aliphatic rings. The Morgan fingerprint density at radius 2 is 1.75 bits per heavy atom. The summed E-state index contributed by atoms with van der Waals surface area (Å²) in [5.41, 5.74) is 8.93. The van der Waals surface area contributed by atoms with Gasteiger partial charge in [-0.3, -0.25) is 4.79 Å². The number of anilines is 2. The molecule has 144 valence electrons. The molecule has 1 heterocycles. The van der Waals surface area contributed by atoms with Crippen LogP contribution in [-0.4, -0.2) is 33.0 Å². The van der Waals surface area contributed by atoms with E-state index >= 15 is 0 Å². The van der Waals surface area contributed by atoms with Gasteiger partial charge in [-0.15, -0.1) is 0 Å². The van der Waals surface area contributed by atoms with Crippen LogP contribution in [0.25, 0.3) is 11.3 Å². The number of rotatable bonds is 5. The predicted octanol–water partition coefficient (Wildman–Crippen LogP) is 2.50. The summed E-state index contributed by atoms with van der Waals surface area (Å²) in [6.07, 6.45) is 1.54. The lowest BCUT2D eigenvalue weighted by Gasteiger charge is -2.10. The molecule has 0 bridgehead atoms. The molecule has 28 heavy (non-hydrogen) atoms. The normalized spacial score (nSPS) is 12.9. The highest BCUT2D eigenvalue weighted by Gasteiger charge is 2.15. The molecule has 1 atom stereocenters. The predicted molar refractivity (Wildman–Crippen MR) is 114 cm³/mol. The molecular formula is C20H21N5O2S. The molecule has 8 heteroatoms. The van der Waals surface area contributed by atoms with Crippen molar-refractivity contribution in [3.63, 3.8) is 0 Å². The Hall–Kier alpha value is -3.23. The van der Waals surface area contributed by atoms with E-state index in [-0.39, 0.29) is 11.5 Å². The summed E-state index contributed by atoms with van der Waals surface area (Å²) >= 11 is 0. The third-order valence-corrected chi connectivity index (χ3v) is 5.88. The van der Waals surface area contributed by atoms with Gasteiger partial charge in [0.15, 0.2) is 11.5 Å². The van der Waals surface area contributed by atoms with Crippen molar-refractivity contribution in [3.05, 3.63) is 66.0 Å². The highest BCUT2D eigenvalue weighted by molar-refractivity contribution is 7.98. The zero-order valence-electron chi connectivity index (χ0n) is 15.6. The van der Waals surface area contributed by atoms with Crippen LogP contribution in [-0.2, 0) is 9.71 Å². The molecule has 0 saturated carbocycles. The molecule has 4 N–H and O–H groups in total. The number of nitrogen functional groups attached to an aromatic ring is 1. The van der Waals surface area contributed by atoms with Crippen LogP contribution in [0.4, 0.5) is 11.5 Å². The van der Waals surface area contributed by atoms with Gasteiger partial charge >= 0.3 is 0 Å². The molecule has 1 amide bonds. The first kappa shape index (κ1) is 19.5. The average Bonchev–Trinajstić information content (AvgIpc) is 2.69. The van der Waals surface area contributed by atoms with Gasteiger partial charge in [-0.1, -0.05) is 29.8 Å². The molecule has 0 aliphatic heterocycles. The van der Waals surface area contributed by atoms with E-state index in [0.717, 1.165) is 11.1 Å². The number of nitrogens with two attached hydrogens (primary N) is 1. The molecule has 0 fully saturated rings. The molecular weight excluding hydrogens is 374 g/mol. The summed E-state index contributed by atoms with van der Waals surface area (Å²) in [5, 5.41) is 2.73. The molecule has 3 aromatic rings. The van der Waals surface area contributed by atoms with Crippen molar-refractivity contribution < 1.29 is 9.00 Å². The minimum Gasteiger partial charge on any atom is -0.382 e. The smallest absolute Gasteiger partial charge is 0.278 e. The van der Waals surface area contributed by atoms with Crippen LogP contribution in [0.2, 0.25) is 0 Å². The van der Waals surface area contributed by atoms with Crippen LogP contribution >= 0.6 is 0 Å². The van der Waals surface area contributed by atoms with Gasteiger partial charge in [0, 0.05) is 16.1 Å². The number of benzene rings is 2. The molecule has 0 spiro atoms. The summed E-state index contributed by atoms with van der Waals surface area (Å²) in [6.45, 7) is 1.99. The fourth-order valence-corrected chi connectivity index (χ4v) is 3.31. The van der Waals surface area contributed by atoms with Gasteiger partial charge in [0.25, 0.3) is 5.91 Å². The molecule has 1 unspecified atom stereocenters. The van der Waals surface area contributed by atoms with E-state index in [2.05, 4.69) is 25.9 Å². The van der Waals surface area contributed by atoms with Crippen molar-refractivity contribution in [3.8, 4) is 11.3 Å². The Balaban J connectivity index is 1.84. The van der Waals surface area contributed by atoms with Crippen LogP contribution in [0.5, 0.6) is 0 Å². The zero-order valence-corrected chi connectivity index (χ0v) is 16.4. The quantitative estimate of drug-likeness (QED) is 0.575. The Morgan fingerprint density at radius 1 is 1.11 bits per heavy atom. The van der Waals surface area contributed by atoms with Crippen molar-refractivity contribution in [1.82, 2.24) is 14.7 Å². The Bertz CT molecular complexity index is 1110. The average molecular weight is 395 g/mol. The van der Waals surface area contributed by atoms with Crippen LogP contribution in [0, 0.1) is 6.92 Å². The molecule has 0 aliphatic carbocycles. The Labute approximate surface area is 164 Å². The van der Waals surface area contributed by atoms with Crippen molar-refractivity contribution >= 4 is 33.0 Å². The lowest BCUT2D eigenvalue weighted by molar-refractivity contribution is 0.102. The van der Waals surface area contributed by atoms with Crippen LogP contribution in [0.1, 0.15) is 16.1 Å². The minimum absolute atomic E-state index is 0.0401. The van der Waals surface area contributed by atoms with Gasteiger partial charge in [-0.2, -0.15) is 0 Å². The van der Waals surface area contributed by atoms with Gasteiger partial charge in [0.05, 0.1) is 21.6 Å².